The van der Waals surface area contributed by atoms with E-state index in [1.165, 1.54) is 0 Å². The lowest BCUT2D eigenvalue weighted by Gasteiger charge is -2.16. The molecule has 1 atom stereocenters. The molecule has 1 N–H and O–H groups in total. The topological polar surface area (TPSA) is 68.7 Å². The maximum Gasteiger partial charge on any atom is 0.312 e. The fourth-order valence-electron chi connectivity index (χ4n) is 2.71. The van der Waals surface area contributed by atoms with Gasteiger partial charge in [0, 0.05) is 16.5 Å². The average Bonchev–Trinajstić information content (AvgIpc) is 2.98. The SMILES string of the molecule is COc1cc(OC)cc(-c2nc3c(s2)CCCC3C(=O)O)c1. The molecule has 0 bridgehead atoms. The first-order valence-corrected chi connectivity index (χ1v) is 7.90. The zero-order chi connectivity index (χ0) is 15.7. The highest BCUT2D eigenvalue weighted by molar-refractivity contribution is 7.15. The molecule has 0 amide bonds. The van der Waals surface area contributed by atoms with Crippen LogP contribution < -0.4 is 9.47 Å². The van der Waals surface area contributed by atoms with Crippen molar-refractivity contribution in [2.75, 3.05) is 14.2 Å². The van der Waals surface area contributed by atoms with Crippen LogP contribution in [-0.2, 0) is 11.2 Å². The van der Waals surface area contributed by atoms with E-state index in [9.17, 15) is 9.90 Å². The van der Waals surface area contributed by atoms with Crippen molar-refractivity contribution in [3.05, 3.63) is 28.8 Å². The van der Waals surface area contributed by atoms with Gasteiger partial charge in [0.2, 0.25) is 0 Å². The maximum absolute atomic E-state index is 11.4. The number of aromatic nitrogens is 1. The fraction of sp³-hybridized carbons (Fsp3) is 0.375. The van der Waals surface area contributed by atoms with Crippen molar-refractivity contribution in [1.29, 1.82) is 0 Å². The van der Waals surface area contributed by atoms with Crippen LogP contribution in [0.3, 0.4) is 0 Å². The van der Waals surface area contributed by atoms with Crippen LogP contribution in [0.1, 0.15) is 29.3 Å². The number of nitrogens with zero attached hydrogens (tertiary/aromatic N) is 1. The van der Waals surface area contributed by atoms with Gasteiger partial charge in [-0.2, -0.15) is 0 Å². The summed E-state index contributed by atoms with van der Waals surface area (Å²) in [7, 11) is 3.21. The van der Waals surface area contributed by atoms with E-state index in [4.69, 9.17) is 9.47 Å². The van der Waals surface area contributed by atoms with Crippen molar-refractivity contribution in [2.45, 2.75) is 25.2 Å². The molecule has 22 heavy (non-hydrogen) atoms. The Kier molecular flexibility index (Phi) is 4.02. The summed E-state index contributed by atoms with van der Waals surface area (Å²) in [6.45, 7) is 0. The smallest absolute Gasteiger partial charge is 0.312 e. The Balaban J connectivity index is 2.05. The van der Waals surface area contributed by atoms with Crippen molar-refractivity contribution in [1.82, 2.24) is 4.98 Å². The minimum absolute atomic E-state index is 0.485. The lowest BCUT2D eigenvalue weighted by molar-refractivity contribution is -0.139. The van der Waals surface area contributed by atoms with Crippen LogP contribution in [-0.4, -0.2) is 30.3 Å². The lowest BCUT2D eigenvalue weighted by Crippen LogP contribution is -2.17. The Morgan fingerprint density at radius 2 is 1.95 bits per heavy atom. The summed E-state index contributed by atoms with van der Waals surface area (Å²) in [4.78, 5) is 17.1. The number of aliphatic carboxylic acids is 1. The van der Waals surface area contributed by atoms with Crippen LogP contribution in [0.2, 0.25) is 0 Å². The molecular weight excluding hydrogens is 302 g/mol. The quantitative estimate of drug-likeness (QED) is 0.936. The van der Waals surface area contributed by atoms with Crippen molar-refractivity contribution in [3.63, 3.8) is 0 Å². The Labute approximate surface area is 132 Å². The Bertz CT molecular complexity index is 688. The van der Waals surface area contributed by atoms with Crippen LogP contribution in [0.15, 0.2) is 18.2 Å². The maximum atomic E-state index is 11.4. The minimum atomic E-state index is -0.791. The molecule has 1 unspecified atom stereocenters. The second-order valence-electron chi connectivity index (χ2n) is 5.21. The standard InChI is InChI=1S/C16H17NO4S/c1-20-10-6-9(7-11(8-10)21-2)15-17-14-12(16(18)19)4-3-5-13(14)22-15/h6-8,12H,3-5H2,1-2H3,(H,18,19). The number of carboxylic acids is 1. The van der Waals surface area contributed by atoms with E-state index in [2.05, 4.69) is 4.98 Å². The van der Waals surface area contributed by atoms with Crippen molar-refractivity contribution < 1.29 is 19.4 Å². The Hall–Kier alpha value is -2.08. The molecule has 3 rings (SSSR count). The lowest BCUT2D eigenvalue weighted by atomic mass is 9.91. The number of hydrogen-bond donors (Lipinski definition) is 1. The van der Waals surface area contributed by atoms with E-state index in [0.717, 1.165) is 34.0 Å². The summed E-state index contributed by atoms with van der Waals surface area (Å²) in [5.74, 6) is 0.108. The molecule has 6 heteroatoms. The highest BCUT2D eigenvalue weighted by atomic mass is 32.1. The molecule has 0 radical (unpaired) electrons. The van der Waals surface area contributed by atoms with E-state index in [1.54, 1.807) is 31.6 Å². The molecule has 1 aromatic carbocycles. The third kappa shape index (κ3) is 2.66. The molecule has 2 aromatic rings. The first-order chi connectivity index (χ1) is 10.6. The normalized spacial score (nSPS) is 16.9. The molecule has 116 valence electrons. The summed E-state index contributed by atoms with van der Waals surface area (Å²) in [6, 6.07) is 5.59. The summed E-state index contributed by atoms with van der Waals surface area (Å²) < 4.78 is 10.6. The number of carboxylic acid groups (broad SMARTS) is 1. The molecule has 1 aliphatic carbocycles. The third-order valence-corrected chi connectivity index (χ3v) is 5.03. The van der Waals surface area contributed by atoms with Gasteiger partial charge in [0.1, 0.15) is 16.5 Å². The number of hydrogen-bond acceptors (Lipinski definition) is 5. The van der Waals surface area contributed by atoms with Crippen LogP contribution in [0.4, 0.5) is 0 Å². The van der Waals surface area contributed by atoms with Gasteiger partial charge in [0.15, 0.2) is 0 Å². The van der Waals surface area contributed by atoms with Crippen LogP contribution in [0, 0.1) is 0 Å². The summed E-state index contributed by atoms with van der Waals surface area (Å²) in [5.41, 5.74) is 1.61. The number of benzene rings is 1. The summed E-state index contributed by atoms with van der Waals surface area (Å²) in [6.07, 6.45) is 2.46. The molecule has 1 aliphatic rings. The van der Waals surface area contributed by atoms with Crippen molar-refractivity contribution >= 4 is 17.3 Å². The molecule has 1 aromatic heterocycles. The van der Waals surface area contributed by atoms with Gasteiger partial charge in [-0.15, -0.1) is 11.3 Å². The van der Waals surface area contributed by atoms with Gasteiger partial charge in [-0.1, -0.05) is 0 Å². The largest absolute Gasteiger partial charge is 0.497 e. The molecule has 0 fully saturated rings. The number of aryl methyl sites for hydroxylation is 1. The first kappa shape index (κ1) is 14.8. The second kappa shape index (κ2) is 5.96. The van der Waals surface area contributed by atoms with Crippen LogP contribution >= 0.6 is 11.3 Å². The minimum Gasteiger partial charge on any atom is -0.497 e. The van der Waals surface area contributed by atoms with E-state index in [1.807, 2.05) is 12.1 Å². The predicted molar refractivity (Wildman–Crippen MR) is 84.0 cm³/mol. The van der Waals surface area contributed by atoms with Gasteiger partial charge in [0.05, 0.1) is 25.8 Å². The molecule has 0 saturated carbocycles. The number of fused-ring (bicyclic) bond motifs is 1. The van der Waals surface area contributed by atoms with Gasteiger partial charge >= 0.3 is 5.97 Å². The molecule has 0 spiro atoms. The second-order valence-corrected chi connectivity index (χ2v) is 6.30. The molecule has 0 saturated heterocycles. The highest BCUT2D eigenvalue weighted by Crippen LogP contribution is 2.40. The first-order valence-electron chi connectivity index (χ1n) is 7.08. The van der Waals surface area contributed by atoms with E-state index in [0.29, 0.717) is 17.9 Å². The monoisotopic (exact) mass is 319 g/mol. The summed E-state index contributed by atoms with van der Waals surface area (Å²) in [5, 5.41) is 10.2. The third-order valence-electron chi connectivity index (χ3n) is 3.85. The van der Waals surface area contributed by atoms with Crippen LogP contribution in [0.25, 0.3) is 10.6 Å². The number of ether oxygens (including phenoxy) is 2. The highest BCUT2D eigenvalue weighted by Gasteiger charge is 2.30. The van der Waals surface area contributed by atoms with E-state index < -0.39 is 11.9 Å². The molecule has 5 nitrogen and oxygen atoms in total. The van der Waals surface area contributed by atoms with Gasteiger partial charge in [-0.3, -0.25) is 4.79 Å². The fourth-order valence-corrected chi connectivity index (χ4v) is 3.87. The Morgan fingerprint density at radius 3 is 2.55 bits per heavy atom. The van der Waals surface area contributed by atoms with Crippen molar-refractivity contribution in [3.8, 4) is 22.1 Å². The summed E-state index contributed by atoms with van der Waals surface area (Å²) >= 11 is 1.56. The number of carbonyl (C=O) groups is 1. The van der Waals surface area contributed by atoms with Crippen molar-refractivity contribution in [2.24, 2.45) is 0 Å². The molecule has 0 aliphatic heterocycles. The van der Waals surface area contributed by atoms with Crippen LogP contribution in [0.5, 0.6) is 11.5 Å². The molecule has 1 heterocycles. The average molecular weight is 319 g/mol. The number of rotatable bonds is 4. The Morgan fingerprint density at radius 1 is 1.27 bits per heavy atom. The zero-order valence-electron chi connectivity index (χ0n) is 12.5. The zero-order valence-corrected chi connectivity index (χ0v) is 13.3. The molecular formula is C16H17NO4S. The van der Waals surface area contributed by atoms with Gasteiger partial charge in [-0.25, -0.2) is 4.98 Å². The van der Waals surface area contributed by atoms with Gasteiger partial charge in [0.25, 0.3) is 0 Å². The van der Waals surface area contributed by atoms with Gasteiger partial charge < -0.3 is 14.6 Å². The van der Waals surface area contributed by atoms with E-state index in [-0.39, 0.29) is 0 Å². The van der Waals surface area contributed by atoms with E-state index >= 15 is 0 Å². The predicted octanol–water partition coefficient (Wildman–Crippen LogP) is 3.33. The van der Waals surface area contributed by atoms with Gasteiger partial charge in [-0.05, 0) is 31.4 Å². The number of methoxy groups -OCH3 is 2. The number of thiazole rings is 1.